The first kappa shape index (κ1) is 72.1. The number of unbranched alkanes of at least 4 members (excludes halogenated alkanes) is 39. The van der Waals surface area contributed by atoms with Gasteiger partial charge in [0.1, 0.15) is 13.2 Å². The first-order valence-corrected chi connectivity index (χ1v) is 32.8. The molecule has 0 heterocycles. The van der Waals surface area contributed by atoms with Gasteiger partial charge in [-0.15, -0.1) is 0 Å². The number of hydrogen-bond acceptors (Lipinski definition) is 6. The molecular weight excluding hydrogens is 925 g/mol. The minimum absolute atomic E-state index is 0.0882. The van der Waals surface area contributed by atoms with Crippen molar-refractivity contribution in [2.24, 2.45) is 0 Å². The fraction of sp³-hybridized carbons (Fsp3) is 0.812. The molecule has 1 atom stereocenters. The number of esters is 3. The van der Waals surface area contributed by atoms with Gasteiger partial charge in [0, 0.05) is 19.3 Å². The molecular formula is C69H124O6. The molecule has 0 radical (unpaired) electrons. The molecule has 0 bridgehead atoms. The molecule has 0 aliphatic carbocycles. The zero-order valence-corrected chi connectivity index (χ0v) is 50.1. The van der Waals surface area contributed by atoms with Gasteiger partial charge in [0.15, 0.2) is 6.10 Å². The van der Waals surface area contributed by atoms with Crippen LogP contribution < -0.4 is 0 Å². The highest BCUT2D eigenvalue weighted by atomic mass is 16.6. The Kier molecular flexibility index (Phi) is 61.2. The molecule has 0 aromatic rings. The largest absolute Gasteiger partial charge is 0.462 e. The molecule has 0 spiro atoms. The SMILES string of the molecule is CCCCC/C=C\C/C=C\CCCCCCCCCCCC(=O)O[C@H](COC(=O)CCC/C=C\C/C=C\C/C=C\CCCCCCCC)COC(=O)CCCCCCCCCCCCCCCCCCCCCCC. The summed E-state index contributed by atoms with van der Waals surface area (Å²) in [6.45, 7) is 6.62. The van der Waals surface area contributed by atoms with Crippen LogP contribution >= 0.6 is 0 Å². The quantitative estimate of drug-likeness (QED) is 0.0261. The van der Waals surface area contributed by atoms with Crippen molar-refractivity contribution >= 4 is 17.9 Å². The van der Waals surface area contributed by atoms with E-state index in [-0.39, 0.29) is 37.5 Å². The summed E-state index contributed by atoms with van der Waals surface area (Å²) in [6, 6.07) is 0. The molecule has 6 nitrogen and oxygen atoms in total. The number of hydrogen-bond donors (Lipinski definition) is 0. The molecule has 0 N–H and O–H groups in total. The fourth-order valence-electron chi connectivity index (χ4n) is 9.55. The van der Waals surface area contributed by atoms with Crippen molar-refractivity contribution < 1.29 is 28.6 Å². The lowest BCUT2D eigenvalue weighted by Gasteiger charge is -2.18. The van der Waals surface area contributed by atoms with E-state index >= 15 is 0 Å². The Balaban J connectivity index is 4.39. The lowest BCUT2D eigenvalue weighted by Crippen LogP contribution is -2.30. The second kappa shape index (κ2) is 63.6. The summed E-state index contributed by atoms with van der Waals surface area (Å²) in [7, 11) is 0. The van der Waals surface area contributed by atoms with Crippen molar-refractivity contribution in [1.29, 1.82) is 0 Å². The fourth-order valence-corrected chi connectivity index (χ4v) is 9.55. The van der Waals surface area contributed by atoms with Crippen LogP contribution in [0.4, 0.5) is 0 Å². The van der Waals surface area contributed by atoms with Crippen LogP contribution in [0.5, 0.6) is 0 Å². The third kappa shape index (κ3) is 61.8. The van der Waals surface area contributed by atoms with E-state index in [1.165, 1.54) is 231 Å². The summed E-state index contributed by atoms with van der Waals surface area (Å²) >= 11 is 0. The average molecular weight is 1050 g/mol. The maximum atomic E-state index is 12.9. The smallest absolute Gasteiger partial charge is 0.306 e. The van der Waals surface area contributed by atoms with Crippen LogP contribution in [0.2, 0.25) is 0 Å². The van der Waals surface area contributed by atoms with Crippen LogP contribution in [0.15, 0.2) is 60.8 Å². The molecule has 0 rings (SSSR count). The molecule has 0 amide bonds. The third-order valence-electron chi connectivity index (χ3n) is 14.5. The van der Waals surface area contributed by atoms with Gasteiger partial charge in [-0.2, -0.15) is 0 Å². The molecule has 0 aliphatic rings. The highest BCUT2D eigenvalue weighted by Gasteiger charge is 2.19. The standard InChI is InChI=1S/C69H124O6/c1-4-7-10-13-16-19-22-25-28-31-33-34-36-38-41-44-47-50-53-56-59-62-68(71)74-65-66(64-73-67(70)61-58-55-52-49-46-43-40-37-30-27-24-21-18-15-12-9-6-3)75-69(72)63-60-57-54-51-48-45-42-39-35-32-29-26-23-20-17-14-11-8-5-2/h17,20,26-27,29-30,40,43,49,52,66H,4-16,18-19,21-25,28,31-39,41-42,44-48,50-51,53-65H2,1-3H3/b20-17-,29-26-,30-27-,43-40-,52-49-/t66-/m1/s1. The van der Waals surface area contributed by atoms with Gasteiger partial charge in [0.05, 0.1) is 0 Å². The van der Waals surface area contributed by atoms with E-state index in [1.54, 1.807) is 0 Å². The van der Waals surface area contributed by atoms with Gasteiger partial charge in [0.2, 0.25) is 0 Å². The third-order valence-corrected chi connectivity index (χ3v) is 14.5. The van der Waals surface area contributed by atoms with Gasteiger partial charge < -0.3 is 14.2 Å². The van der Waals surface area contributed by atoms with Crippen LogP contribution in [0.1, 0.15) is 342 Å². The molecule has 0 aliphatic heterocycles. The predicted molar refractivity (Wildman–Crippen MR) is 325 cm³/mol. The summed E-state index contributed by atoms with van der Waals surface area (Å²) in [5.41, 5.74) is 0. The molecule has 0 aromatic carbocycles. The van der Waals surface area contributed by atoms with Gasteiger partial charge in [0.25, 0.3) is 0 Å². The van der Waals surface area contributed by atoms with E-state index < -0.39 is 6.10 Å². The Morgan fingerprint density at radius 2 is 0.493 bits per heavy atom. The van der Waals surface area contributed by atoms with E-state index in [2.05, 4.69) is 81.5 Å². The van der Waals surface area contributed by atoms with Gasteiger partial charge >= 0.3 is 17.9 Å². The maximum Gasteiger partial charge on any atom is 0.306 e. The van der Waals surface area contributed by atoms with Crippen molar-refractivity contribution in [2.45, 2.75) is 348 Å². The molecule has 0 aromatic heterocycles. The molecule has 6 heteroatoms. The first-order valence-electron chi connectivity index (χ1n) is 32.8. The first-order chi connectivity index (χ1) is 37.0. The van der Waals surface area contributed by atoms with Crippen LogP contribution in [-0.4, -0.2) is 37.2 Å². The van der Waals surface area contributed by atoms with E-state index in [9.17, 15) is 14.4 Å². The lowest BCUT2D eigenvalue weighted by atomic mass is 10.0. The van der Waals surface area contributed by atoms with Crippen molar-refractivity contribution in [1.82, 2.24) is 0 Å². The van der Waals surface area contributed by atoms with Gasteiger partial charge in [-0.25, -0.2) is 0 Å². The maximum absolute atomic E-state index is 12.9. The Morgan fingerprint density at radius 3 is 0.827 bits per heavy atom. The van der Waals surface area contributed by atoms with Crippen molar-refractivity contribution in [3.05, 3.63) is 60.8 Å². The molecule has 0 fully saturated rings. The molecule has 436 valence electrons. The zero-order valence-electron chi connectivity index (χ0n) is 50.1. The normalized spacial score (nSPS) is 12.4. The highest BCUT2D eigenvalue weighted by Crippen LogP contribution is 2.17. The summed E-state index contributed by atoms with van der Waals surface area (Å²) in [5.74, 6) is -0.928. The molecule has 0 saturated heterocycles. The van der Waals surface area contributed by atoms with Crippen LogP contribution in [-0.2, 0) is 28.6 Å². The van der Waals surface area contributed by atoms with E-state index in [0.29, 0.717) is 19.3 Å². The highest BCUT2D eigenvalue weighted by molar-refractivity contribution is 5.71. The Hall–Kier alpha value is -2.89. The van der Waals surface area contributed by atoms with Gasteiger partial charge in [-0.1, -0.05) is 300 Å². The Bertz CT molecular complexity index is 1340. The van der Waals surface area contributed by atoms with E-state index in [4.69, 9.17) is 14.2 Å². The van der Waals surface area contributed by atoms with Crippen molar-refractivity contribution in [2.75, 3.05) is 13.2 Å². The minimum Gasteiger partial charge on any atom is -0.462 e. The number of carbonyl (C=O) groups excluding carboxylic acids is 3. The number of ether oxygens (including phenoxy) is 3. The Morgan fingerprint density at radius 1 is 0.267 bits per heavy atom. The summed E-state index contributed by atoms with van der Waals surface area (Å²) in [5, 5.41) is 0. The Labute approximate surface area is 466 Å². The number of allylic oxidation sites excluding steroid dienone is 10. The van der Waals surface area contributed by atoms with Crippen LogP contribution in [0, 0.1) is 0 Å². The van der Waals surface area contributed by atoms with E-state index in [1.807, 2.05) is 0 Å². The summed E-state index contributed by atoms with van der Waals surface area (Å²) in [6.07, 6.45) is 80.9. The van der Waals surface area contributed by atoms with Gasteiger partial charge in [-0.05, 0) is 83.5 Å². The molecule has 0 unspecified atom stereocenters. The van der Waals surface area contributed by atoms with Crippen LogP contribution in [0.25, 0.3) is 0 Å². The molecule has 0 saturated carbocycles. The molecule has 75 heavy (non-hydrogen) atoms. The second-order valence-electron chi connectivity index (χ2n) is 22.0. The van der Waals surface area contributed by atoms with Crippen molar-refractivity contribution in [3.8, 4) is 0 Å². The monoisotopic (exact) mass is 1050 g/mol. The zero-order chi connectivity index (χ0) is 54.3. The van der Waals surface area contributed by atoms with Crippen LogP contribution in [0.3, 0.4) is 0 Å². The lowest BCUT2D eigenvalue weighted by molar-refractivity contribution is -0.167. The number of rotatable bonds is 60. The topological polar surface area (TPSA) is 78.9 Å². The summed E-state index contributed by atoms with van der Waals surface area (Å²) < 4.78 is 16.9. The van der Waals surface area contributed by atoms with Gasteiger partial charge in [-0.3, -0.25) is 14.4 Å². The van der Waals surface area contributed by atoms with E-state index in [0.717, 1.165) is 64.2 Å². The second-order valence-corrected chi connectivity index (χ2v) is 22.0. The average Bonchev–Trinajstić information content (AvgIpc) is 3.41. The number of carbonyl (C=O) groups is 3. The summed E-state index contributed by atoms with van der Waals surface area (Å²) in [4.78, 5) is 38.3. The predicted octanol–water partition coefficient (Wildman–Crippen LogP) is 22.3. The van der Waals surface area contributed by atoms with Crippen molar-refractivity contribution in [3.63, 3.8) is 0 Å². The minimum atomic E-state index is -0.796.